The zero-order chi connectivity index (χ0) is 11.1. The first-order valence-electron chi connectivity index (χ1n) is 5.30. The summed E-state index contributed by atoms with van der Waals surface area (Å²) in [6.07, 6.45) is 2.84. The molecule has 0 aromatic heterocycles. The first kappa shape index (κ1) is 12.6. The molecule has 0 spiro atoms. The smallest absolute Gasteiger partial charge is 0.0449 e. The number of aliphatic hydroxyl groups is 1. The van der Waals surface area contributed by atoms with Gasteiger partial charge >= 0.3 is 0 Å². The van der Waals surface area contributed by atoms with E-state index in [0.29, 0.717) is 0 Å². The Morgan fingerprint density at radius 2 is 2.00 bits per heavy atom. The summed E-state index contributed by atoms with van der Waals surface area (Å²) in [5.74, 6) is 0. The van der Waals surface area contributed by atoms with Gasteiger partial charge in [-0.25, -0.2) is 0 Å². The van der Waals surface area contributed by atoms with Crippen LogP contribution in [0.1, 0.15) is 24.9 Å². The lowest BCUT2D eigenvalue weighted by atomic mass is 10.0. The maximum absolute atomic E-state index is 8.98. The third kappa shape index (κ3) is 3.86. The van der Waals surface area contributed by atoms with Gasteiger partial charge in [0.1, 0.15) is 0 Å². The molecule has 0 bridgehead atoms. The Labute approximate surface area is 96.1 Å². The molecule has 0 saturated carbocycles. The number of aliphatic hydroxyl groups excluding tert-OH is 1. The van der Waals surface area contributed by atoms with Crippen molar-refractivity contribution in [1.82, 2.24) is 5.32 Å². The van der Waals surface area contributed by atoms with Crippen LogP contribution in [0.5, 0.6) is 0 Å². The van der Waals surface area contributed by atoms with E-state index >= 15 is 0 Å². The average Bonchev–Trinajstić information content (AvgIpc) is 2.29. The van der Waals surface area contributed by atoms with Gasteiger partial charge in [0, 0.05) is 17.5 Å². The van der Waals surface area contributed by atoms with Gasteiger partial charge in [-0.3, -0.25) is 0 Å². The molecule has 2 nitrogen and oxygen atoms in total. The Kier molecular flexibility index (Phi) is 5.76. The van der Waals surface area contributed by atoms with E-state index in [1.54, 1.807) is 11.8 Å². The van der Waals surface area contributed by atoms with Crippen LogP contribution in [-0.4, -0.2) is 24.5 Å². The van der Waals surface area contributed by atoms with Gasteiger partial charge in [0.05, 0.1) is 0 Å². The summed E-state index contributed by atoms with van der Waals surface area (Å²) >= 11 is 1.75. The largest absolute Gasteiger partial charge is 0.396 e. The van der Waals surface area contributed by atoms with Crippen molar-refractivity contribution in [2.45, 2.75) is 24.3 Å². The standard InChI is InChI=1S/C12H19NOS/c1-3-13-12(8-9-14)10-4-6-11(15-2)7-5-10/h4-7,12-14H,3,8-9H2,1-2H3. The van der Waals surface area contributed by atoms with Gasteiger partial charge < -0.3 is 10.4 Å². The number of thioether (sulfide) groups is 1. The fraction of sp³-hybridized carbons (Fsp3) is 0.500. The minimum atomic E-state index is 0.224. The van der Waals surface area contributed by atoms with Crippen LogP contribution in [0.15, 0.2) is 29.2 Å². The van der Waals surface area contributed by atoms with Gasteiger partial charge in [0.25, 0.3) is 0 Å². The molecule has 1 aromatic carbocycles. The maximum Gasteiger partial charge on any atom is 0.0449 e. The third-order valence-electron chi connectivity index (χ3n) is 2.39. The van der Waals surface area contributed by atoms with E-state index in [-0.39, 0.29) is 12.6 Å². The average molecular weight is 225 g/mol. The Bertz CT molecular complexity index is 267. The van der Waals surface area contributed by atoms with Crippen LogP contribution < -0.4 is 5.32 Å². The van der Waals surface area contributed by atoms with E-state index in [4.69, 9.17) is 5.11 Å². The van der Waals surface area contributed by atoms with Crippen LogP contribution in [0.25, 0.3) is 0 Å². The summed E-state index contributed by atoms with van der Waals surface area (Å²) in [5.41, 5.74) is 1.25. The van der Waals surface area contributed by atoms with Crippen molar-refractivity contribution in [1.29, 1.82) is 0 Å². The van der Waals surface area contributed by atoms with Crippen LogP contribution in [-0.2, 0) is 0 Å². The fourth-order valence-corrected chi connectivity index (χ4v) is 2.01. The van der Waals surface area contributed by atoms with E-state index in [1.807, 2.05) is 0 Å². The Hall–Kier alpha value is -0.510. The lowest BCUT2D eigenvalue weighted by Gasteiger charge is -2.17. The summed E-state index contributed by atoms with van der Waals surface area (Å²) in [6, 6.07) is 8.79. The highest BCUT2D eigenvalue weighted by Gasteiger charge is 2.08. The Balaban J connectivity index is 2.72. The molecule has 1 aromatic rings. The van der Waals surface area contributed by atoms with Crippen molar-refractivity contribution in [3.05, 3.63) is 29.8 Å². The summed E-state index contributed by atoms with van der Waals surface area (Å²) in [6.45, 7) is 3.23. The zero-order valence-electron chi connectivity index (χ0n) is 9.36. The van der Waals surface area contributed by atoms with Gasteiger partial charge in [-0.2, -0.15) is 0 Å². The van der Waals surface area contributed by atoms with Gasteiger partial charge in [0.2, 0.25) is 0 Å². The molecule has 84 valence electrons. The predicted molar refractivity (Wildman–Crippen MR) is 66.3 cm³/mol. The first-order chi connectivity index (χ1) is 7.31. The molecular weight excluding hydrogens is 206 g/mol. The monoisotopic (exact) mass is 225 g/mol. The molecule has 0 amide bonds. The van der Waals surface area contributed by atoms with E-state index in [0.717, 1.165) is 13.0 Å². The predicted octanol–water partition coefficient (Wildman–Crippen LogP) is 2.44. The number of nitrogens with one attached hydrogen (secondary N) is 1. The topological polar surface area (TPSA) is 32.3 Å². The molecule has 0 radical (unpaired) electrons. The lowest BCUT2D eigenvalue weighted by molar-refractivity contribution is 0.266. The Morgan fingerprint density at radius 3 is 2.47 bits per heavy atom. The molecule has 1 unspecified atom stereocenters. The molecule has 3 heteroatoms. The first-order valence-corrected chi connectivity index (χ1v) is 6.52. The molecule has 0 aliphatic heterocycles. The van der Waals surface area contributed by atoms with Crippen molar-refractivity contribution in [3.63, 3.8) is 0 Å². The molecule has 0 aliphatic rings. The van der Waals surface area contributed by atoms with Crippen molar-refractivity contribution >= 4 is 11.8 Å². The molecular formula is C12H19NOS. The van der Waals surface area contributed by atoms with Crippen LogP contribution >= 0.6 is 11.8 Å². The molecule has 1 rings (SSSR count). The van der Waals surface area contributed by atoms with Gasteiger partial charge in [-0.1, -0.05) is 19.1 Å². The van der Waals surface area contributed by atoms with E-state index in [1.165, 1.54) is 10.5 Å². The maximum atomic E-state index is 8.98. The normalized spacial score (nSPS) is 12.7. The van der Waals surface area contributed by atoms with E-state index in [2.05, 4.69) is 42.8 Å². The zero-order valence-corrected chi connectivity index (χ0v) is 10.2. The molecule has 2 N–H and O–H groups in total. The molecule has 0 saturated heterocycles. The second kappa shape index (κ2) is 6.88. The number of hydrogen-bond donors (Lipinski definition) is 2. The van der Waals surface area contributed by atoms with Crippen molar-refractivity contribution < 1.29 is 5.11 Å². The second-order valence-corrected chi connectivity index (χ2v) is 4.28. The number of hydrogen-bond acceptors (Lipinski definition) is 3. The molecule has 0 fully saturated rings. The van der Waals surface area contributed by atoms with Crippen LogP contribution in [0.2, 0.25) is 0 Å². The highest BCUT2D eigenvalue weighted by atomic mass is 32.2. The quantitative estimate of drug-likeness (QED) is 0.729. The number of benzene rings is 1. The van der Waals surface area contributed by atoms with Gasteiger partial charge in [-0.05, 0) is 36.9 Å². The molecule has 0 aliphatic carbocycles. The van der Waals surface area contributed by atoms with Crippen molar-refractivity contribution in [2.75, 3.05) is 19.4 Å². The van der Waals surface area contributed by atoms with Crippen molar-refractivity contribution in [2.24, 2.45) is 0 Å². The minimum absolute atomic E-state index is 0.224. The van der Waals surface area contributed by atoms with Crippen molar-refractivity contribution in [3.8, 4) is 0 Å². The van der Waals surface area contributed by atoms with E-state index in [9.17, 15) is 0 Å². The van der Waals surface area contributed by atoms with Crippen LogP contribution in [0.3, 0.4) is 0 Å². The SMILES string of the molecule is CCNC(CCO)c1ccc(SC)cc1. The molecule has 0 heterocycles. The van der Waals surface area contributed by atoms with Gasteiger partial charge in [-0.15, -0.1) is 11.8 Å². The highest BCUT2D eigenvalue weighted by molar-refractivity contribution is 7.98. The second-order valence-electron chi connectivity index (χ2n) is 3.40. The summed E-state index contributed by atoms with van der Waals surface area (Å²) in [5, 5.41) is 12.4. The van der Waals surface area contributed by atoms with Crippen LogP contribution in [0, 0.1) is 0 Å². The van der Waals surface area contributed by atoms with E-state index < -0.39 is 0 Å². The molecule has 15 heavy (non-hydrogen) atoms. The summed E-state index contributed by atoms with van der Waals surface area (Å²) in [7, 11) is 0. The lowest BCUT2D eigenvalue weighted by Crippen LogP contribution is -2.21. The molecule has 1 atom stereocenters. The summed E-state index contributed by atoms with van der Waals surface area (Å²) < 4.78 is 0. The Morgan fingerprint density at radius 1 is 1.33 bits per heavy atom. The fourth-order valence-electron chi connectivity index (χ4n) is 1.60. The number of rotatable bonds is 6. The summed E-state index contributed by atoms with van der Waals surface area (Å²) in [4.78, 5) is 1.28. The minimum Gasteiger partial charge on any atom is -0.396 e. The van der Waals surface area contributed by atoms with Gasteiger partial charge in [0.15, 0.2) is 0 Å². The third-order valence-corrected chi connectivity index (χ3v) is 3.13. The highest BCUT2D eigenvalue weighted by Crippen LogP contribution is 2.20. The van der Waals surface area contributed by atoms with Crippen LogP contribution in [0.4, 0.5) is 0 Å².